The predicted octanol–water partition coefficient (Wildman–Crippen LogP) is 6.46. The Morgan fingerprint density at radius 1 is 0.892 bits per heavy atom. The van der Waals surface area contributed by atoms with Gasteiger partial charge in [0.1, 0.15) is 12.1 Å². The molecule has 0 aliphatic carbocycles. The molecule has 3 amide bonds. The van der Waals surface area contributed by atoms with E-state index < -0.39 is 12.1 Å². The van der Waals surface area contributed by atoms with Gasteiger partial charge < -0.3 is 25.2 Å². The van der Waals surface area contributed by atoms with Gasteiger partial charge >= 0.3 is 12.1 Å². The van der Waals surface area contributed by atoms with Crippen molar-refractivity contribution in [3.05, 3.63) is 72.7 Å². The van der Waals surface area contributed by atoms with Gasteiger partial charge in [-0.15, -0.1) is 0 Å². The van der Waals surface area contributed by atoms with E-state index in [4.69, 9.17) is 9.47 Å². The number of nitrogens with zero attached hydrogens (tertiary/aromatic N) is 2. The Morgan fingerprint density at radius 2 is 1.57 bits per heavy atom. The Labute approximate surface area is 213 Å². The van der Waals surface area contributed by atoms with Crippen LogP contribution in [-0.4, -0.2) is 34.3 Å². The number of carbonyl (C=O) groups is 2. The molecule has 190 valence electrons. The fourth-order valence-electron chi connectivity index (χ4n) is 3.78. The monoisotopic (exact) mass is 501 g/mol. The standard InChI is InChI=1S/C27H27N5O5/c1-27(2,3)16-13-20(24(36-4)21(14-16)32-26(34)35)31-25(33)30-19-9-10-22(18-8-6-5-7-17(18)19)37-23-11-12-28-15-29-23/h5-15,32H,1-4H3,(H,34,35)(H2,30,31,33). The number of urea groups is 1. The van der Waals surface area contributed by atoms with E-state index in [1.165, 1.54) is 13.4 Å². The van der Waals surface area contributed by atoms with Crippen LogP contribution < -0.4 is 25.4 Å². The molecule has 3 aromatic carbocycles. The van der Waals surface area contributed by atoms with Gasteiger partial charge in [0.15, 0.2) is 5.75 Å². The molecule has 10 heteroatoms. The molecule has 0 spiro atoms. The Balaban J connectivity index is 1.65. The number of benzene rings is 3. The average molecular weight is 502 g/mol. The molecule has 0 radical (unpaired) electrons. The zero-order chi connectivity index (χ0) is 26.6. The number of hydrogen-bond acceptors (Lipinski definition) is 6. The van der Waals surface area contributed by atoms with Gasteiger partial charge in [-0.25, -0.2) is 19.6 Å². The molecule has 1 aromatic heterocycles. The Hall–Kier alpha value is -4.86. The first-order valence-electron chi connectivity index (χ1n) is 11.4. The molecule has 0 atom stereocenters. The summed E-state index contributed by atoms with van der Waals surface area (Å²) < 4.78 is 11.4. The van der Waals surface area contributed by atoms with E-state index in [1.807, 2.05) is 45.0 Å². The molecule has 0 fully saturated rings. The lowest BCUT2D eigenvalue weighted by molar-refractivity contribution is 0.209. The van der Waals surface area contributed by atoms with Crippen LogP contribution in [0.15, 0.2) is 67.1 Å². The summed E-state index contributed by atoms with van der Waals surface area (Å²) in [5.74, 6) is 1.17. The second-order valence-corrected chi connectivity index (χ2v) is 9.17. The Kier molecular flexibility index (Phi) is 7.10. The molecule has 37 heavy (non-hydrogen) atoms. The number of ether oxygens (including phenoxy) is 2. The molecule has 10 nitrogen and oxygen atoms in total. The number of methoxy groups -OCH3 is 1. The molecule has 0 saturated carbocycles. The molecular weight excluding hydrogens is 474 g/mol. The number of carboxylic acid groups (broad SMARTS) is 1. The predicted molar refractivity (Wildman–Crippen MR) is 142 cm³/mol. The maximum Gasteiger partial charge on any atom is 0.409 e. The second kappa shape index (κ2) is 10.4. The zero-order valence-corrected chi connectivity index (χ0v) is 20.8. The van der Waals surface area contributed by atoms with Gasteiger partial charge in [0.05, 0.1) is 24.2 Å². The summed E-state index contributed by atoms with van der Waals surface area (Å²) in [5, 5.41) is 18.8. The number of hydrogen-bond donors (Lipinski definition) is 4. The maximum atomic E-state index is 13.1. The van der Waals surface area contributed by atoms with Crippen molar-refractivity contribution in [2.45, 2.75) is 26.2 Å². The van der Waals surface area contributed by atoms with Gasteiger partial charge in [-0.1, -0.05) is 45.0 Å². The molecule has 4 N–H and O–H groups in total. The molecule has 1 heterocycles. The lowest BCUT2D eigenvalue weighted by atomic mass is 9.86. The minimum Gasteiger partial charge on any atom is -0.492 e. The lowest BCUT2D eigenvalue weighted by Gasteiger charge is -2.23. The minimum atomic E-state index is -1.24. The fourth-order valence-corrected chi connectivity index (χ4v) is 3.78. The van der Waals surface area contributed by atoms with Crippen LogP contribution in [0.1, 0.15) is 26.3 Å². The molecular formula is C27H27N5O5. The summed E-state index contributed by atoms with van der Waals surface area (Å²) in [6.45, 7) is 5.96. The van der Waals surface area contributed by atoms with Crippen molar-refractivity contribution in [3.63, 3.8) is 0 Å². The number of fused-ring (bicyclic) bond motifs is 1. The summed E-state index contributed by atoms with van der Waals surface area (Å²) in [4.78, 5) is 32.4. The first kappa shape index (κ1) is 25.2. The maximum absolute atomic E-state index is 13.1. The lowest BCUT2D eigenvalue weighted by Crippen LogP contribution is -2.22. The average Bonchev–Trinajstić information content (AvgIpc) is 2.85. The van der Waals surface area contributed by atoms with E-state index in [0.29, 0.717) is 23.0 Å². The molecule has 0 aliphatic rings. The minimum absolute atomic E-state index is 0.198. The van der Waals surface area contributed by atoms with Crippen LogP contribution in [0.2, 0.25) is 0 Å². The number of rotatable bonds is 6. The number of amides is 3. The third-order valence-corrected chi connectivity index (χ3v) is 5.55. The normalized spacial score (nSPS) is 11.0. The zero-order valence-electron chi connectivity index (χ0n) is 20.8. The van der Waals surface area contributed by atoms with E-state index in [1.54, 1.807) is 36.5 Å². The summed E-state index contributed by atoms with van der Waals surface area (Å²) in [6.07, 6.45) is 1.75. The largest absolute Gasteiger partial charge is 0.492 e. The fraction of sp³-hybridized carbons (Fsp3) is 0.185. The van der Waals surface area contributed by atoms with Crippen LogP contribution in [0, 0.1) is 0 Å². The van der Waals surface area contributed by atoms with Gasteiger partial charge in [0.2, 0.25) is 5.88 Å². The summed E-state index contributed by atoms with van der Waals surface area (Å²) in [7, 11) is 1.41. The number of anilines is 3. The first-order valence-corrected chi connectivity index (χ1v) is 11.4. The van der Waals surface area contributed by atoms with E-state index in [9.17, 15) is 14.7 Å². The third kappa shape index (κ3) is 5.87. The van der Waals surface area contributed by atoms with Crippen molar-refractivity contribution in [2.24, 2.45) is 0 Å². The van der Waals surface area contributed by atoms with Crippen molar-refractivity contribution in [3.8, 4) is 17.4 Å². The van der Waals surface area contributed by atoms with Crippen LogP contribution >= 0.6 is 0 Å². The smallest absolute Gasteiger partial charge is 0.409 e. The highest BCUT2D eigenvalue weighted by atomic mass is 16.5. The molecule has 0 saturated heterocycles. The van der Waals surface area contributed by atoms with Crippen LogP contribution in [0.4, 0.5) is 26.7 Å². The summed E-state index contributed by atoms with van der Waals surface area (Å²) in [5.41, 5.74) is 1.60. The Bertz CT molecular complexity index is 1450. The summed E-state index contributed by atoms with van der Waals surface area (Å²) in [6, 6.07) is 15.6. The highest BCUT2D eigenvalue weighted by Gasteiger charge is 2.22. The number of aromatic nitrogens is 2. The highest BCUT2D eigenvalue weighted by molar-refractivity contribution is 6.08. The third-order valence-electron chi connectivity index (χ3n) is 5.55. The van der Waals surface area contributed by atoms with Gasteiger partial charge in [0.25, 0.3) is 0 Å². The number of carbonyl (C=O) groups excluding carboxylic acids is 1. The molecule has 4 aromatic rings. The van der Waals surface area contributed by atoms with Crippen molar-refractivity contribution >= 4 is 40.0 Å². The first-order chi connectivity index (χ1) is 17.7. The van der Waals surface area contributed by atoms with Gasteiger partial charge in [-0.3, -0.25) is 5.32 Å². The van der Waals surface area contributed by atoms with Gasteiger partial charge in [-0.05, 0) is 35.2 Å². The van der Waals surface area contributed by atoms with E-state index in [-0.39, 0.29) is 16.9 Å². The van der Waals surface area contributed by atoms with Crippen LogP contribution in [0.25, 0.3) is 10.8 Å². The van der Waals surface area contributed by atoms with E-state index >= 15 is 0 Å². The van der Waals surface area contributed by atoms with Crippen molar-refractivity contribution < 1.29 is 24.2 Å². The Morgan fingerprint density at radius 3 is 2.19 bits per heavy atom. The highest BCUT2D eigenvalue weighted by Crippen LogP contribution is 2.39. The topological polar surface area (TPSA) is 135 Å². The number of nitrogens with one attached hydrogen (secondary N) is 3. The van der Waals surface area contributed by atoms with Crippen molar-refractivity contribution in [1.29, 1.82) is 0 Å². The molecule has 0 unspecified atom stereocenters. The molecule has 0 aliphatic heterocycles. The second-order valence-electron chi connectivity index (χ2n) is 9.17. The van der Waals surface area contributed by atoms with Crippen LogP contribution in [0.3, 0.4) is 0 Å². The van der Waals surface area contributed by atoms with Crippen LogP contribution in [0.5, 0.6) is 17.4 Å². The van der Waals surface area contributed by atoms with Gasteiger partial charge in [0, 0.05) is 23.0 Å². The summed E-state index contributed by atoms with van der Waals surface area (Å²) >= 11 is 0. The van der Waals surface area contributed by atoms with Crippen molar-refractivity contribution in [2.75, 3.05) is 23.1 Å². The van der Waals surface area contributed by atoms with Crippen LogP contribution in [-0.2, 0) is 5.41 Å². The van der Waals surface area contributed by atoms with Gasteiger partial charge in [-0.2, -0.15) is 0 Å². The van der Waals surface area contributed by atoms with E-state index in [0.717, 1.165) is 16.3 Å². The van der Waals surface area contributed by atoms with Crippen molar-refractivity contribution in [1.82, 2.24) is 9.97 Å². The SMILES string of the molecule is COc1c(NC(=O)O)cc(C(C)(C)C)cc1NC(=O)Nc1ccc(Oc2ccncn2)c2ccccc12. The molecule has 4 rings (SSSR count). The quantitative estimate of drug-likeness (QED) is 0.238. The molecule has 0 bridgehead atoms. The van der Waals surface area contributed by atoms with E-state index in [2.05, 4.69) is 25.9 Å².